The Morgan fingerprint density at radius 1 is 0.484 bits per heavy atom. The highest BCUT2D eigenvalue weighted by molar-refractivity contribution is 6.40. The molecule has 2 aromatic heterocycles. The van der Waals surface area contributed by atoms with Crippen LogP contribution in [0.25, 0.3) is 44.8 Å². The number of ether oxygens (including phenoxy) is 12. The molecule has 6 N–H and O–H groups in total. The third-order valence-electron chi connectivity index (χ3n) is 15.7. The number of unbranched alkanes of at least 4 members (excludes halogenated alkanes) is 2. The molecule has 0 bridgehead atoms. The Morgan fingerprint density at radius 2 is 0.863 bits per heavy atom. The number of benzene rings is 4. The van der Waals surface area contributed by atoms with E-state index in [0.29, 0.717) is 84.5 Å². The molecule has 10 atom stereocenters. The Balaban J connectivity index is 0.000000236. The number of aliphatic hydroxyl groups excluding tert-OH is 4. The number of aliphatic hydroxyl groups is 4. The number of methoxy groups -OCH3 is 4. The molecule has 28 heteroatoms. The fourth-order valence-electron chi connectivity index (χ4n) is 10.9. The number of esters is 2. The number of aromatic nitrogens is 2. The number of carbonyl (C=O) groups is 4. The van der Waals surface area contributed by atoms with Crippen LogP contribution in [0.5, 0.6) is 23.0 Å². The van der Waals surface area contributed by atoms with E-state index in [1.54, 1.807) is 28.4 Å². The number of halogens is 2. The topological polar surface area (TPSA) is 336 Å². The van der Waals surface area contributed by atoms with Crippen molar-refractivity contribution >= 4 is 47.0 Å². The predicted octanol–water partition coefficient (Wildman–Crippen LogP) is 7.41. The second-order valence-electron chi connectivity index (χ2n) is 23.3. The van der Waals surface area contributed by atoms with Crippen LogP contribution >= 0.6 is 23.2 Å². The summed E-state index contributed by atoms with van der Waals surface area (Å²) in [6, 6.07) is 29.7. The summed E-state index contributed by atoms with van der Waals surface area (Å²) < 4.78 is 78.3. The lowest BCUT2D eigenvalue weighted by atomic mass is 9.98. The van der Waals surface area contributed by atoms with Crippen LogP contribution in [0.4, 0.5) is 0 Å². The average molecular weight is 1370 g/mol. The van der Waals surface area contributed by atoms with E-state index >= 15 is 0 Å². The average Bonchev–Trinajstić information content (AvgIpc) is 1.60. The number of nitrogens with one attached hydrogen (secondary N) is 2. The minimum Gasteiger partial charge on any atom is -0.497 e. The molecule has 0 spiro atoms. The monoisotopic (exact) mass is 1360 g/mol. The van der Waals surface area contributed by atoms with E-state index in [0.717, 1.165) is 33.6 Å². The molecule has 4 aliphatic heterocycles. The largest absolute Gasteiger partial charge is 0.497 e. The van der Waals surface area contributed by atoms with Crippen molar-refractivity contribution in [1.29, 1.82) is 0 Å². The van der Waals surface area contributed by atoms with Crippen molar-refractivity contribution in [2.45, 2.75) is 152 Å². The third-order valence-corrected chi connectivity index (χ3v) is 15.7. The highest BCUT2D eigenvalue weighted by Crippen LogP contribution is 2.45. The number of fused-ring (bicyclic) bond motifs is 3. The second-order valence-corrected chi connectivity index (χ2v) is 24.1. The smallest absolute Gasteiger partial charge is 0.305 e. The zero-order valence-electron chi connectivity index (χ0n) is 54.0. The minimum absolute atomic E-state index is 0.00455. The summed E-state index contributed by atoms with van der Waals surface area (Å²) >= 11 is 9.53. The molecule has 26 nitrogen and oxygen atoms in total. The number of rotatable bonds is 26. The molecular formula is C67H82Cl2N4O22. The van der Waals surface area contributed by atoms with Gasteiger partial charge in [-0.2, -0.15) is 0 Å². The van der Waals surface area contributed by atoms with Gasteiger partial charge in [0.1, 0.15) is 96.4 Å². The lowest BCUT2D eigenvalue weighted by Crippen LogP contribution is -2.58. The van der Waals surface area contributed by atoms with E-state index in [-0.39, 0.29) is 55.4 Å². The van der Waals surface area contributed by atoms with E-state index in [4.69, 9.17) is 89.1 Å². The first kappa shape index (κ1) is 73.4. The molecule has 516 valence electrons. The summed E-state index contributed by atoms with van der Waals surface area (Å²) in [4.78, 5) is 50.4. The summed E-state index contributed by atoms with van der Waals surface area (Å²) in [6.07, 6.45) is -8.07. The Labute approximate surface area is 559 Å². The molecule has 10 rings (SSSR count). The number of hydrogen-bond donors (Lipinski definition) is 6. The van der Waals surface area contributed by atoms with Gasteiger partial charge in [-0.25, -0.2) is 0 Å². The number of carbonyl (C=O) groups excluding carboxylic acids is 4. The number of amides is 2. The van der Waals surface area contributed by atoms with Crippen molar-refractivity contribution in [1.82, 2.24) is 20.9 Å². The summed E-state index contributed by atoms with van der Waals surface area (Å²) in [7, 11) is 6.38. The first-order chi connectivity index (χ1) is 45.6. The first-order valence-electron chi connectivity index (χ1n) is 30.8. The first-order valence-corrected chi connectivity index (χ1v) is 31.9. The molecule has 6 heterocycles. The maximum atomic E-state index is 13.0. The third kappa shape index (κ3) is 19.9. The molecule has 0 aliphatic carbocycles. The SMILES string of the molecule is COc1ccc(-c2noc(CC(=O)NCCCCC(=O)OCC3OC(O)C(O)C(O)C3O)c2-c2ccc(OC)cc2)cc1.COc1ccc(-c2noc(CC(=O)NCCCCC(=O)OCC3OC4OC(C)(C)OC4C4OC(C)(C)OC34)c2-c2ccc(OC)cc2)cc1.ClCCl. The van der Waals surface area contributed by atoms with Crippen molar-refractivity contribution < 1.29 is 105 Å². The van der Waals surface area contributed by atoms with Gasteiger partial charge in [-0.3, -0.25) is 19.2 Å². The van der Waals surface area contributed by atoms with Crippen LogP contribution in [0.3, 0.4) is 0 Å². The lowest BCUT2D eigenvalue weighted by molar-refractivity contribution is -0.287. The van der Waals surface area contributed by atoms with Crippen LogP contribution in [0.2, 0.25) is 0 Å². The highest BCUT2D eigenvalue weighted by atomic mass is 35.5. The maximum absolute atomic E-state index is 13.0. The van der Waals surface area contributed by atoms with Crippen LogP contribution in [0.1, 0.15) is 77.7 Å². The quantitative estimate of drug-likeness (QED) is 0.0175. The van der Waals surface area contributed by atoms with Crippen molar-refractivity contribution in [3.8, 4) is 67.8 Å². The Hall–Kier alpha value is -7.44. The van der Waals surface area contributed by atoms with Gasteiger partial charge in [-0.05, 0) is 137 Å². The van der Waals surface area contributed by atoms with Gasteiger partial charge in [-0.15, -0.1) is 23.2 Å². The summed E-state index contributed by atoms with van der Waals surface area (Å²) in [5.41, 5.74) is 5.88. The van der Waals surface area contributed by atoms with Gasteiger partial charge in [0.25, 0.3) is 0 Å². The maximum Gasteiger partial charge on any atom is 0.305 e. The van der Waals surface area contributed by atoms with Crippen molar-refractivity contribution in [2.75, 3.05) is 60.1 Å². The van der Waals surface area contributed by atoms with Crippen molar-refractivity contribution in [3.63, 3.8) is 0 Å². The van der Waals surface area contributed by atoms with Gasteiger partial charge in [0.15, 0.2) is 35.7 Å². The van der Waals surface area contributed by atoms with E-state index in [1.165, 1.54) is 0 Å². The minimum atomic E-state index is -1.70. The predicted molar refractivity (Wildman–Crippen MR) is 342 cm³/mol. The zero-order valence-corrected chi connectivity index (χ0v) is 55.5. The normalized spacial score (nSPS) is 22.8. The van der Waals surface area contributed by atoms with Gasteiger partial charge >= 0.3 is 11.9 Å². The highest BCUT2D eigenvalue weighted by Gasteiger charge is 2.61. The van der Waals surface area contributed by atoms with Crippen LogP contribution in [0.15, 0.2) is 106 Å². The number of nitrogens with zero attached hydrogens (tertiary/aromatic N) is 2. The van der Waals surface area contributed by atoms with Crippen molar-refractivity contribution in [3.05, 3.63) is 109 Å². The summed E-state index contributed by atoms with van der Waals surface area (Å²) in [5, 5.41) is 53.3. The molecule has 10 unspecified atom stereocenters. The molecule has 95 heavy (non-hydrogen) atoms. The molecule has 4 fully saturated rings. The van der Waals surface area contributed by atoms with Crippen LogP contribution in [-0.2, 0) is 69.9 Å². The van der Waals surface area contributed by atoms with E-state index in [1.807, 2.05) is 125 Å². The van der Waals surface area contributed by atoms with Gasteiger partial charge < -0.3 is 96.9 Å². The molecule has 6 aromatic rings. The fourth-order valence-corrected chi connectivity index (χ4v) is 10.9. The second kappa shape index (κ2) is 34.5. The standard InChI is InChI=1S/C36H44N2O11.C30H36N2O11.CH2Cl2/c1-35(2)45-31-26(44-34-33(32(31)46-35)47-36(3,4)48-34)20-43-28(40)9-7-8-18-37-27(39)19-25-29(21-10-14-23(41-5)15-11-21)30(38-49-25)22-12-16-24(42-6)17-13-22;1-39-19-10-6-17(7-11-19)25-21(43-32-26(25)18-8-12-20(40-2)13-9-18)15-23(33)31-14-4-3-5-24(34)41-16-22-27(35)28(36)29(37)30(38)42-22;2-1-3/h10-17,26,31-34H,7-9,18-20H2,1-6H3,(H,37,39);6-13,22,27-30,35-38H,3-5,14-16H2,1-2H3,(H,31,33);1H2. The molecule has 4 saturated heterocycles. The zero-order chi connectivity index (χ0) is 68.4. The Kier molecular flexibility index (Phi) is 26.6. The van der Waals surface area contributed by atoms with Crippen LogP contribution in [-0.4, -0.2) is 188 Å². The molecule has 4 aromatic carbocycles. The number of alkyl halides is 2. The van der Waals surface area contributed by atoms with Gasteiger partial charge in [0, 0.05) is 37.1 Å². The van der Waals surface area contributed by atoms with Gasteiger partial charge in [-0.1, -0.05) is 34.6 Å². The molecule has 0 saturated carbocycles. The summed E-state index contributed by atoms with van der Waals surface area (Å²) in [5.74, 6) is 0.542. The fraction of sp³-hybridized carbons (Fsp3) is 0.493. The molecule has 0 radical (unpaired) electrons. The van der Waals surface area contributed by atoms with Gasteiger partial charge in [0.05, 0.1) is 57.7 Å². The van der Waals surface area contributed by atoms with Crippen molar-refractivity contribution in [2.24, 2.45) is 0 Å². The van der Waals surface area contributed by atoms with E-state index < -0.39 is 85.6 Å². The summed E-state index contributed by atoms with van der Waals surface area (Å²) in [6.45, 7) is 7.58. The van der Waals surface area contributed by atoms with Crippen LogP contribution < -0.4 is 29.6 Å². The Bertz CT molecular complexity index is 3420. The molecule has 2 amide bonds. The van der Waals surface area contributed by atoms with Crippen LogP contribution in [0, 0.1) is 0 Å². The molecule has 4 aliphatic rings. The molecular weight excluding hydrogens is 1280 g/mol. The number of hydrogen-bond acceptors (Lipinski definition) is 24. The lowest BCUT2D eigenvalue weighted by Gasteiger charge is -2.37. The van der Waals surface area contributed by atoms with E-state index in [2.05, 4.69) is 20.9 Å². The Morgan fingerprint density at radius 3 is 1.28 bits per heavy atom. The van der Waals surface area contributed by atoms with Gasteiger partial charge in [0.2, 0.25) is 11.8 Å². The van der Waals surface area contributed by atoms with E-state index in [9.17, 15) is 39.6 Å².